The third kappa shape index (κ3) is 5.15. The number of hydrogen-bond donors (Lipinski definition) is 1. The van der Waals surface area contributed by atoms with Gasteiger partial charge in [0.2, 0.25) is 0 Å². The fraction of sp³-hybridized carbons (Fsp3) is 0.600. The minimum absolute atomic E-state index is 0.150. The Hall–Kier alpha value is -0.930. The maximum atomic E-state index is 12.8. The summed E-state index contributed by atoms with van der Waals surface area (Å²) in [5.74, 6) is -0.184. The van der Waals surface area contributed by atoms with E-state index in [0.717, 1.165) is 25.1 Å². The maximum Gasteiger partial charge on any atom is 0.123 e. The van der Waals surface area contributed by atoms with Crippen LogP contribution >= 0.6 is 0 Å². The molecule has 0 saturated heterocycles. The van der Waals surface area contributed by atoms with E-state index >= 15 is 0 Å². The van der Waals surface area contributed by atoms with Gasteiger partial charge >= 0.3 is 0 Å². The first-order valence-electron chi connectivity index (χ1n) is 6.47. The summed E-state index contributed by atoms with van der Waals surface area (Å²) < 4.78 is 12.8. The number of nitrogens with zero attached hydrogens (tertiary/aromatic N) is 1. The molecule has 2 nitrogen and oxygen atoms in total. The van der Waals surface area contributed by atoms with Crippen molar-refractivity contribution in [2.24, 2.45) is 11.1 Å². The van der Waals surface area contributed by atoms with Gasteiger partial charge in [-0.15, -0.1) is 0 Å². The van der Waals surface area contributed by atoms with Crippen LogP contribution in [0.1, 0.15) is 32.8 Å². The third-order valence-corrected chi connectivity index (χ3v) is 3.30. The molecule has 3 heteroatoms. The van der Waals surface area contributed by atoms with Crippen LogP contribution in [0, 0.1) is 11.2 Å². The predicted molar refractivity (Wildman–Crippen MR) is 74.8 cm³/mol. The van der Waals surface area contributed by atoms with Gasteiger partial charge in [0.25, 0.3) is 0 Å². The minimum atomic E-state index is -0.184. The quantitative estimate of drug-likeness (QED) is 0.873. The van der Waals surface area contributed by atoms with Crippen molar-refractivity contribution in [2.75, 3.05) is 13.6 Å². The van der Waals surface area contributed by atoms with Crippen molar-refractivity contribution in [3.8, 4) is 0 Å². The summed E-state index contributed by atoms with van der Waals surface area (Å²) in [5.41, 5.74) is 7.41. The standard InChI is InChI=1S/C15H25FN2/c1-15(2,3)14(17)9-10-18(4)11-12-5-7-13(16)8-6-12/h5-8,14H,9-11,17H2,1-4H3. The molecule has 0 spiro atoms. The third-order valence-electron chi connectivity index (χ3n) is 3.30. The van der Waals surface area contributed by atoms with Gasteiger partial charge in [0, 0.05) is 12.6 Å². The lowest BCUT2D eigenvalue weighted by Gasteiger charge is -2.28. The highest BCUT2D eigenvalue weighted by molar-refractivity contribution is 5.15. The Kier molecular flexibility index (Phi) is 5.29. The van der Waals surface area contributed by atoms with Gasteiger partial charge in [-0.3, -0.25) is 0 Å². The van der Waals surface area contributed by atoms with E-state index in [1.54, 1.807) is 0 Å². The summed E-state index contributed by atoms with van der Waals surface area (Å²) in [6.07, 6.45) is 0.973. The second kappa shape index (κ2) is 6.30. The van der Waals surface area contributed by atoms with E-state index in [4.69, 9.17) is 5.73 Å². The molecule has 0 aromatic heterocycles. The molecule has 0 aliphatic rings. The van der Waals surface area contributed by atoms with Crippen LogP contribution in [0.3, 0.4) is 0 Å². The van der Waals surface area contributed by atoms with Gasteiger partial charge in [-0.25, -0.2) is 4.39 Å². The molecule has 102 valence electrons. The van der Waals surface area contributed by atoms with Crippen LogP contribution in [0.2, 0.25) is 0 Å². The van der Waals surface area contributed by atoms with Gasteiger partial charge in [-0.05, 0) is 43.1 Å². The Morgan fingerprint density at radius 1 is 1.22 bits per heavy atom. The van der Waals surface area contributed by atoms with Crippen LogP contribution in [-0.4, -0.2) is 24.5 Å². The molecule has 0 heterocycles. The Morgan fingerprint density at radius 3 is 2.28 bits per heavy atom. The highest BCUT2D eigenvalue weighted by Crippen LogP contribution is 2.20. The average molecular weight is 252 g/mol. The molecular formula is C15H25FN2. The van der Waals surface area contributed by atoms with E-state index in [0.29, 0.717) is 0 Å². The monoisotopic (exact) mass is 252 g/mol. The molecule has 1 unspecified atom stereocenters. The van der Waals surface area contributed by atoms with E-state index in [1.165, 1.54) is 12.1 Å². The summed E-state index contributed by atoms with van der Waals surface area (Å²) in [6.45, 7) is 8.28. The van der Waals surface area contributed by atoms with Crippen molar-refractivity contribution in [3.63, 3.8) is 0 Å². The largest absolute Gasteiger partial charge is 0.327 e. The first-order valence-corrected chi connectivity index (χ1v) is 6.47. The molecular weight excluding hydrogens is 227 g/mol. The zero-order chi connectivity index (χ0) is 13.8. The van der Waals surface area contributed by atoms with E-state index in [2.05, 4.69) is 32.7 Å². The van der Waals surface area contributed by atoms with Crippen LogP contribution in [0.15, 0.2) is 24.3 Å². The SMILES string of the molecule is CN(CCC(N)C(C)(C)C)Cc1ccc(F)cc1. The van der Waals surface area contributed by atoms with Crippen LogP contribution in [0.25, 0.3) is 0 Å². The van der Waals surface area contributed by atoms with Gasteiger partial charge in [0.15, 0.2) is 0 Å². The summed E-state index contributed by atoms with van der Waals surface area (Å²) in [4.78, 5) is 2.22. The van der Waals surface area contributed by atoms with Gasteiger partial charge in [-0.2, -0.15) is 0 Å². The molecule has 0 aliphatic carbocycles. The van der Waals surface area contributed by atoms with Crippen molar-refractivity contribution in [1.29, 1.82) is 0 Å². The van der Waals surface area contributed by atoms with Crippen LogP contribution < -0.4 is 5.73 Å². The van der Waals surface area contributed by atoms with Crippen LogP contribution in [-0.2, 0) is 6.54 Å². The van der Waals surface area contributed by atoms with Gasteiger partial charge in [0.1, 0.15) is 5.82 Å². The van der Waals surface area contributed by atoms with Crippen molar-refractivity contribution in [1.82, 2.24) is 4.90 Å². The molecule has 0 fully saturated rings. The number of rotatable bonds is 5. The van der Waals surface area contributed by atoms with Crippen molar-refractivity contribution < 1.29 is 4.39 Å². The molecule has 0 radical (unpaired) electrons. The van der Waals surface area contributed by atoms with E-state index in [9.17, 15) is 4.39 Å². The van der Waals surface area contributed by atoms with Crippen LogP contribution in [0.5, 0.6) is 0 Å². The van der Waals surface area contributed by atoms with Gasteiger partial charge in [-0.1, -0.05) is 32.9 Å². The molecule has 0 aliphatic heterocycles. The molecule has 1 aromatic carbocycles. The molecule has 1 aromatic rings. The van der Waals surface area contributed by atoms with Crippen molar-refractivity contribution >= 4 is 0 Å². The minimum Gasteiger partial charge on any atom is -0.327 e. The molecule has 1 atom stereocenters. The zero-order valence-electron chi connectivity index (χ0n) is 11.9. The van der Waals surface area contributed by atoms with Crippen molar-refractivity contribution in [3.05, 3.63) is 35.6 Å². The first kappa shape index (κ1) is 15.1. The number of benzene rings is 1. The normalized spacial score (nSPS) is 13.9. The topological polar surface area (TPSA) is 29.3 Å². The maximum absolute atomic E-state index is 12.8. The lowest BCUT2D eigenvalue weighted by atomic mass is 9.85. The average Bonchev–Trinajstić information content (AvgIpc) is 2.28. The molecule has 1 rings (SSSR count). The van der Waals surface area contributed by atoms with Crippen LogP contribution in [0.4, 0.5) is 4.39 Å². The Morgan fingerprint density at radius 2 is 1.78 bits per heavy atom. The molecule has 18 heavy (non-hydrogen) atoms. The summed E-state index contributed by atoms with van der Waals surface area (Å²) in [7, 11) is 2.07. The van der Waals surface area contributed by atoms with E-state index in [1.807, 2.05) is 12.1 Å². The fourth-order valence-electron chi connectivity index (χ4n) is 1.77. The summed E-state index contributed by atoms with van der Waals surface area (Å²) in [5, 5.41) is 0. The predicted octanol–water partition coefficient (Wildman–Crippen LogP) is 3.02. The first-order chi connectivity index (χ1) is 8.29. The lowest BCUT2D eigenvalue weighted by molar-refractivity contribution is 0.251. The van der Waals surface area contributed by atoms with E-state index in [-0.39, 0.29) is 17.3 Å². The Labute approximate surface area is 110 Å². The van der Waals surface area contributed by atoms with Crippen molar-refractivity contribution in [2.45, 2.75) is 39.8 Å². The van der Waals surface area contributed by atoms with E-state index < -0.39 is 0 Å². The number of nitrogens with two attached hydrogens (primary N) is 1. The number of halogens is 1. The second-order valence-electron chi connectivity index (χ2n) is 6.13. The summed E-state index contributed by atoms with van der Waals surface area (Å²) >= 11 is 0. The van der Waals surface area contributed by atoms with Gasteiger partial charge in [0.05, 0.1) is 0 Å². The zero-order valence-corrected chi connectivity index (χ0v) is 11.9. The lowest BCUT2D eigenvalue weighted by Crippen LogP contribution is -2.37. The molecule has 2 N–H and O–H groups in total. The summed E-state index contributed by atoms with van der Waals surface area (Å²) in [6, 6.07) is 6.87. The fourth-order valence-corrected chi connectivity index (χ4v) is 1.77. The van der Waals surface area contributed by atoms with Gasteiger partial charge < -0.3 is 10.6 Å². The highest BCUT2D eigenvalue weighted by atomic mass is 19.1. The molecule has 0 saturated carbocycles. The Balaban J connectivity index is 2.38. The molecule has 0 bridgehead atoms. The highest BCUT2D eigenvalue weighted by Gasteiger charge is 2.20. The molecule has 0 amide bonds. The Bertz CT molecular complexity index is 354. The number of hydrogen-bond acceptors (Lipinski definition) is 2. The smallest absolute Gasteiger partial charge is 0.123 e. The second-order valence-corrected chi connectivity index (χ2v) is 6.13.